The highest BCUT2D eigenvalue weighted by Crippen LogP contribution is 2.39. The second-order valence-electron chi connectivity index (χ2n) is 14.6. The predicted octanol–water partition coefficient (Wildman–Crippen LogP) is 13.5. The summed E-state index contributed by atoms with van der Waals surface area (Å²) in [6, 6.07) is 65.0. The molecule has 8 aromatic carbocycles. The van der Waals surface area contributed by atoms with Gasteiger partial charge in [0.25, 0.3) is 0 Å². The molecule has 0 atom stereocenters. The number of fused-ring (bicyclic) bond motifs is 9. The van der Waals surface area contributed by atoms with Crippen molar-refractivity contribution in [3.05, 3.63) is 187 Å². The number of aromatic nitrogens is 3. The lowest BCUT2D eigenvalue weighted by atomic mass is 10.0. The zero-order valence-electron chi connectivity index (χ0n) is 30.3. The van der Waals surface area contributed by atoms with Gasteiger partial charge in [-0.25, -0.2) is 0 Å². The van der Waals surface area contributed by atoms with Crippen LogP contribution in [0.3, 0.4) is 0 Å². The van der Waals surface area contributed by atoms with Crippen LogP contribution in [-0.4, -0.2) is 13.7 Å². The quantitative estimate of drug-likeness (QED) is 0.171. The number of aryl methyl sites for hydroxylation is 2. The van der Waals surface area contributed by atoms with Crippen LogP contribution in [0.1, 0.15) is 18.1 Å². The molecule has 0 spiro atoms. The first kappa shape index (κ1) is 30.8. The molecule has 0 saturated carbocycles. The first-order valence-electron chi connectivity index (χ1n) is 18.9. The molecule has 3 heterocycles. The minimum absolute atomic E-state index is 1.02. The average Bonchev–Trinajstić information content (AvgIpc) is 3.86. The van der Waals surface area contributed by atoms with Gasteiger partial charge in [-0.15, -0.1) is 0 Å². The van der Waals surface area contributed by atoms with Crippen molar-refractivity contribution < 1.29 is 0 Å². The smallest absolute Gasteiger partial charge is 0.0541 e. The monoisotopic (exact) mass is 691 g/mol. The van der Waals surface area contributed by atoms with E-state index in [0.29, 0.717) is 0 Å². The van der Waals surface area contributed by atoms with E-state index in [-0.39, 0.29) is 0 Å². The molecule has 0 aliphatic rings. The first-order valence-corrected chi connectivity index (χ1v) is 18.9. The molecule has 54 heavy (non-hydrogen) atoms. The van der Waals surface area contributed by atoms with Gasteiger partial charge >= 0.3 is 0 Å². The van der Waals surface area contributed by atoms with E-state index in [2.05, 4.69) is 203 Å². The van der Waals surface area contributed by atoms with Gasteiger partial charge < -0.3 is 13.7 Å². The van der Waals surface area contributed by atoms with Crippen molar-refractivity contribution in [1.29, 1.82) is 0 Å². The molecule has 3 nitrogen and oxygen atoms in total. The second kappa shape index (κ2) is 11.8. The van der Waals surface area contributed by atoms with Gasteiger partial charge in [0, 0.05) is 49.4 Å². The van der Waals surface area contributed by atoms with Crippen LogP contribution in [-0.2, 0) is 6.42 Å². The Labute approximate surface area is 313 Å². The van der Waals surface area contributed by atoms with Gasteiger partial charge in [0.05, 0.1) is 33.1 Å². The van der Waals surface area contributed by atoms with Crippen LogP contribution in [0.4, 0.5) is 0 Å². The van der Waals surface area contributed by atoms with Crippen LogP contribution >= 0.6 is 0 Å². The molecule has 0 fully saturated rings. The molecule has 3 heteroatoms. The van der Waals surface area contributed by atoms with E-state index in [1.54, 1.807) is 0 Å². The fourth-order valence-electron chi connectivity index (χ4n) is 8.91. The Morgan fingerprint density at radius 1 is 0.333 bits per heavy atom. The van der Waals surface area contributed by atoms with E-state index in [1.165, 1.54) is 93.4 Å². The number of hydrogen-bond donors (Lipinski definition) is 0. The van der Waals surface area contributed by atoms with E-state index in [9.17, 15) is 0 Å². The maximum atomic E-state index is 2.43. The van der Waals surface area contributed by atoms with Crippen molar-refractivity contribution in [2.75, 3.05) is 0 Å². The highest BCUT2D eigenvalue weighted by molar-refractivity contribution is 6.12. The molecule has 0 aliphatic carbocycles. The standard InChI is InChI=1S/C51H37N3/c1-3-34-23-26-50-44(29-34)43-28-33(2)22-25-49(43)52(50)37-13-10-12-35(30-37)36-24-27-51-45(31-36)42-18-6-9-21-48(42)54(51)39-15-11-14-38(32-39)53-46-19-7-4-16-40(46)41-17-5-8-20-47(41)53/h4-32H,3H2,1-2H3. The molecule has 3 aromatic heterocycles. The largest absolute Gasteiger partial charge is 0.309 e. The summed E-state index contributed by atoms with van der Waals surface area (Å²) in [6.45, 7) is 4.41. The van der Waals surface area contributed by atoms with E-state index in [0.717, 1.165) is 17.8 Å². The highest BCUT2D eigenvalue weighted by Gasteiger charge is 2.17. The summed E-state index contributed by atoms with van der Waals surface area (Å²) in [7, 11) is 0. The summed E-state index contributed by atoms with van der Waals surface area (Å²) in [5.74, 6) is 0. The summed E-state index contributed by atoms with van der Waals surface area (Å²) >= 11 is 0. The van der Waals surface area contributed by atoms with Crippen molar-refractivity contribution in [3.63, 3.8) is 0 Å². The van der Waals surface area contributed by atoms with Crippen molar-refractivity contribution in [3.8, 4) is 28.2 Å². The van der Waals surface area contributed by atoms with E-state index < -0.39 is 0 Å². The molecular weight excluding hydrogens is 655 g/mol. The number of para-hydroxylation sites is 3. The Kier molecular flexibility index (Phi) is 6.74. The zero-order valence-corrected chi connectivity index (χ0v) is 30.3. The van der Waals surface area contributed by atoms with Crippen LogP contribution < -0.4 is 0 Å². The lowest BCUT2D eigenvalue weighted by Crippen LogP contribution is -1.98. The Hall–Kier alpha value is -6.84. The normalized spacial score (nSPS) is 12.0. The van der Waals surface area contributed by atoms with Crippen LogP contribution in [0.2, 0.25) is 0 Å². The van der Waals surface area contributed by atoms with Crippen molar-refractivity contribution in [2.45, 2.75) is 20.3 Å². The molecule has 0 bridgehead atoms. The molecule has 256 valence electrons. The Bertz CT molecular complexity index is 3220. The van der Waals surface area contributed by atoms with Gasteiger partial charge in [-0.3, -0.25) is 0 Å². The molecule has 0 N–H and O–H groups in total. The summed E-state index contributed by atoms with van der Waals surface area (Å²) < 4.78 is 7.25. The SMILES string of the molecule is CCc1ccc2c(c1)c1cc(C)ccc1n2-c1cccc(-c2ccc3c(c2)c2ccccc2n3-c2cccc(-n3c4ccccc4c4ccccc43)c2)c1. The van der Waals surface area contributed by atoms with Gasteiger partial charge in [-0.05, 0) is 115 Å². The first-order chi connectivity index (χ1) is 26.6. The fraction of sp³-hybridized carbons (Fsp3) is 0.0588. The van der Waals surface area contributed by atoms with Gasteiger partial charge in [0.1, 0.15) is 0 Å². The van der Waals surface area contributed by atoms with Crippen LogP contribution in [0.25, 0.3) is 93.6 Å². The van der Waals surface area contributed by atoms with E-state index in [1.807, 2.05) is 0 Å². The van der Waals surface area contributed by atoms with Crippen molar-refractivity contribution >= 4 is 65.4 Å². The summed E-state index contributed by atoms with van der Waals surface area (Å²) in [4.78, 5) is 0. The Morgan fingerprint density at radius 3 is 1.39 bits per heavy atom. The fourth-order valence-corrected chi connectivity index (χ4v) is 8.91. The molecule has 0 amide bonds. The van der Waals surface area contributed by atoms with Crippen LogP contribution in [0, 0.1) is 6.92 Å². The predicted molar refractivity (Wildman–Crippen MR) is 229 cm³/mol. The topological polar surface area (TPSA) is 14.8 Å². The summed E-state index contributed by atoms with van der Waals surface area (Å²) in [5, 5.41) is 7.65. The second-order valence-corrected chi connectivity index (χ2v) is 14.6. The molecule has 0 saturated heterocycles. The lowest BCUT2D eigenvalue weighted by Gasteiger charge is -2.13. The van der Waals surface area contributed by atoms with Crippen LogP contribution in [0.5, 0.6) is 0 Å². The molecule has 11 aromatic rings. The number of nitrogens with zero attached hydrogens (tertiary/aromatic N) is 3. The molecular formula is C51H37N3. The maximum absolute atomic E-state index is 2.43. The van der Waals surface area contributed by atoms with Gasteiger partial charge in [0.15, 0.2) is 0 Å². The van der Waals surface area contributed by atoms with E-state index >= 15 is 0 Å². The Morgan fingerprint density at radius 2 is 0.778 bits per heavy atom. The number of benzene rings is 8. The summed E-state index contributed by atoms with van der Waals surface area (Å²) in [6.07, 6.45) is 1.02. The zero-order chi connectivity index (χ0) is 35.9. The third-order valence-corrected chi connectivity index (χ3v) is 11.4. The summed E-state index contributed by atoms with van der Waals surface area (Å²) in [5.41, 5.74) is 15.8. The van der Waals surface area contributed by atoms with Crippen LogP contribution in [0.15, 0.2) is 176 Å². The highest BCUT2D eigenvalue weighted by atomic mass is 15.0. The average molecular weight is 692 g/mol. The Balaban J connectivity index is 1.07. The minimum atomic E-state index is 1.02. The molecule has 0 aliphatic heterocycles. The number of hydrogen-bond acceptors (Lipinski definition) is 0. The van der Waals surface area contributed by atoms with Gasteiger partial charge in [0.2, 0.25) is 0 Å². The lowest BCUT2D eigenvalue weighted by molar-refractivity contribution is 1.13. The van der Waals surface area contributed by atoms with E-state index in [4.69, 9.17) is 0 Å². The number of rotatable bonds is 5. The third kappa shape index (κ3) is 4.55. The molecule has 11 rings (SSSR count). The van der Waals surface area contributed by atoms with Gasteiger partial charge in [-0.2, -0.15) is 0 Å². The maximum Gasteiger partial charge on any atom is 0.0541 e. The molecule has 0 unspecified atom stereocenters. The van der Waals surface area contributed by atoms with Crippen molar-refractivity contribution in [2.24, 2.45) is 0 Å². The minimum Gasteiger partial charge on any atom is -0.309 e. The third-order valence-electron chi connectivity index (χ3n) is 11.4. The van der Waals surface area contributed by atoms with Crippen molar-refractivity contribution in [1.82, 2.24) is 13.7 Å². The molecule has 0 radical (unpaired) electrons. The van der Waals surface area contributed by atoms with Gasteiger partial charge in [-0.1, -0.05) is 103 Å².